The summed E-state index contributed by atoms with van der Waals surface area (Å²) >= 11 is 0. The minimum atomic E-state index is -2.07. The average Bonchev–Trinajstić information content (AvgIpc) is 3.69. The number of ether oxygens (including phenoxy) is 5. The third-order valence-electron chi connectivity index (χ3n) is 8.37. The van der Waals surface area contributed by atoms with Crippen LogP contribution in [0.3, 0.4) is 0 Å². The van der Waals surface area contributed by atoms with Gasteiger partial charge in [0.1, 0.15) is 24.2 Å². The van der Waals surface area contributed by atoms with Crippen LogP contribution in [-0.4, -0.2) is 116 Å². The van der Waals surface area contributed by atoms with E-state index in [-0.39, 0.29) is 31.8 Å². The summed E-state index contributed by atoms with van der Waals surface area (Å²) in [5.41, 5.74) is 0. The second kappa shape index (κ2) is 16.4. The lowest BCUT2D eigenvalue weighted by atomic mass is 9.83. The van der Waals surface area contributed by atoms with Gasteiger partial charge in [-0.05, 0) is 19.9 Å². The number of esters is 1. The molecule has 4 heterocycles. The molecule has 4 aliphatic heterocycles. The molecule has 0 amide bonds. The molecule has 4 aliphatic rings. The normalized spacial score (nSPS) is 42.9. The zero-order valence-electron chi connectivity index (χ0n) is 26.0. The lowest BCUT2D eigenvalue weighted by molar-refractivity contribution is -0.307. The van der Waals surface area contributed by atoms with Crippen molar-refractivity contribution in [2.75, 3.05) is 0 Å². The van der Waals surface area contributed by atoms with Gasteiger partial charge in [0.25, 0.3) is 0 Å². The summed E-state index contributed by atoms with van der Waals surface area (Å²) in [5, 5.41) is 63.6. The maximum Gasteiger partial charge on any atom is 0.330 e. The number of carboxylic acids is 1. The number of allylic oxidation sites excluding steroid dienone is 6. The fourth-order valence-corrected chi connectivity index (χ4v) is 5.89. The van der Waals surface area contributed by atoms with Gasteiger partial charge in [0.05, 0.1) is 42.7 Å². The number of hydrogen-bond acceptors (Lipinski definition) is 12. The van der Waals surface area contributed by atoms with Gasteiger partial charge in [-0.1, -0.05) is 48.6 Å². The van der Waals surface area contributed by atoms with Crippen molar-refractivity contribution >= 4 is 11.9 Å². The second-order valence-corrected chi connectivity index (χ2v) is 12.4. The average molecular weight is 651 g/mol. The summed E-state index contributed by atoms with van der Waals surface area (Å²) in [5.74, 6) is -5.36. The molecular weight excluding hydrogens is 604 g/mol. The van der Waals surface area contributed by atoms with Crippen LogP contribution in [0, 0.1) is 5.92 Å². The highest BCUT2D eigenvalue weighted by atomic mass is 16.7. The number of fused-ring (bicyclic) bond motifs is 3. The van der Waals surface area contributed by atoms with Gasteiger partial charge in [-0.3, -0.25) is 4.79 Å². The van der Waals surface area contributed by atoms with Crippen LogP contribution >= 0.6 is 0 Å². The molecule has 2 bridgehead atoms. The standard InChI is InChI=1S/C33H46O13/c1-19-10-8-6-4-3-5-7-9-11-22(44-32-24(36)16-23(35)20(2)43-32)15-28-30(31(39)40)25(37)18-33(41,46-28)17-21(34)14-27-26(45-27)12-13-29(38)42-19/h3-9,11-13,19-28,30,32,34-37,41H,10,14-18H2,1-2H3,(H,39,40)/t19-,20?,21?,22?,23+,24?,25+,26?,27?,28?,30?,32+,33?/m1/s1. The quantitative estimate of drug-likeness (QED) is 0.188. The molecule has 3 fully saturated rings. The van der Waals surface area contributed by atoms with Crippen LogP contribution in [0.1, 0.15) is 52.4 Å². The predicted molar refractivity (Wildman–Crippen MR) is 162 cm³/mol. The minimum absolute atomic E-state index is 0.0110. The van der Waals surface area contributed by atoms with E-state index in [0.717, 1.165) is 0 Å². The monoisotopic (exact) mass is 650 g/mol. The first-order chi connectivity index (χ1) is 21.8. The second-order valence-electron chi connectivity index (χ2n) is 12.4. The Hall–Kier alpha value is -2.72. The molecule has 46 heavy (non-hydrogen) atoms. The number of aliphatic carboxylic acids is 1. The first kappa shape index (κ1) is 36.1. The number of carbonyl (C=O) groups is 2. The van der Waals surface area contributed by atoms with Crippen LogP contribution in [0.15, 0.2) is 60.8 Å². The Morgan fingerprint density at radius 1 is 0.870 bits per heavy atom. The Balaban J connectivity index is 1.57. The molecule has 256 valence electrons. The molecule has 0 aromatic rings. The molecule has 0 spiro atoms. The van der Waals surface area contributed by atoms with Crippen molar-refractivity contribution in [2.24, 2.45) is 5.92 Å². The predicted octanol–water partition coefficient (Wildman–Crippen LogP) is 1.18. The molecule has 0 aromatic heterocycles. The molecule has 9 unspecified atom stereocenters. The highest BCUT2D eigenvalue weighted by Gasteiger charge is 2.51. The Labute approximate surface area is 268 Å². The largest absolute Gasteiger partial charge is 0.481 e. The molecule has 13 nitrogen and oxygen atoms in total. The molecule has 4 rings (SSSR count). The molecule has 3 saturated heterocycles. The third-order valence-corrected chi connectivity index (χ3v) is 8.37. The summed E-state index contributed by atoms with van der Waals surface area (Å²) in [7, 11) is 0. The van der Waals surface area contributed by atoms with Crippen molar-refractivity contribution in [1.29, 1.82) is 0 Å². The van der Waals surface area contributed by atoms with Crippen LogP contribution in [0.25, 0.3) is 0 Å². The topological polar surface area (TPSA) is 205 Å². The summed E-state index contributed by atoms with van der Waals surface area (Å²) in [4.78, 5) is 24.4. The lowest BCUT2D eigenvalue weighted by Crippen LogP contribution is -2.56. The fourth-order valence-electron chi connectivity index (χ4n) is 5.89. The van der Waals surface area contributed by atoms with E-state index in [1.807, 2.05) is 12.2 Å². The van der Waals surface area contributed by atoms with Crippen LogP contribution in [0.5, 0.6) is 0 Å². The lowest BCUT2D eigenvalue weighted by Gasteiger charge is -2.44. The van der Waals surface area contributed by atoms with E-state index in [9.17, 15) is 40.2 Å². The summed E-state index contributed by atoms with van der Waals surface area (Å²) < 4.78 is 28.5. The molecule has 0 aromatic carbocycles. The molecule has 13 atom stereocenters. The number of cyclic esters (lactones) is 1. The Kier molecular flexibility index (Phi) is 12.9. The van der Waals surface area contributed by atoms with Gasteiger partial charge in [-0.15, -0.1) is 0 Å². The SMILES string of the molecule is CC1O[C@@H](OC2C=CC=CC=CC=CC[C@@H](C)OC(=O)C=CC3OC3CC(O)CC3(O)C[C@H](O)C(C(=O)O)C(C2)O3)C(O)C[C@@H]1O. The van der Waals surface area contributed by atoms with E-state index in [2.05, 4.69) is 0 Å². The maximum atomic E-state index is 12.2. The zero-order valence-corrected chi connectivity index (χ0v) is 26.0. The van der Waals surface area contributed by atoms with Gasteiger partial charge >= 0.3 is 11.9 Å². The van der Waals surface area contributed by atoms with E-state index in [1.165, 1.54) is 6.08 Å². The van der Waals surface area contributed by atoms with Crippen molar-refractivity contribution in [3.63, 3.8) is 0 Å². The van der Waals surface area contributed by atoms with Crippen molar-refractivity contribution in [1.82, 2.24) is 0 Å². The Morgan fingerprint density at radius 2 is 1.59 bits per heavy atom. The summed E-state index contributed by atoms with van der Waals surface area (Å²) in [6.45, 7) is 3.41. The van der Waals surface area contributed by atoms with Crippen molar-refractivity contribution < 1.29 is 63.9 Å². The van der Waals surface area contributed by atoms with E-state index < -0.39 is 91.3 Å². The number of aliphatic hydroxyl groups excluding tert-OH is 4. The van der Waals surface area contributed by atoms with Crippen LogP contribution in [0.2, 0.25) is 0 Å². The zero-order chi connectivity index (χ0) is 33.4. The van der Waals surface area contributed by atoms with E-state index in [4.69, 9.17) is 23.7 Å². The highest BCUT2D eigenvalue weighted by molar-refractivity contribution is 5.82. The first-order valence-corrected chi connectivity index (χ1v) is 15.7. The first-order valence-electron chi connectivity index (χ1n) is 15.7. The molecule has 0 radical (unpaired) electrons. The molecule has 6 N–H and O–H groups in total. The van der Waals surface area contributed by atoms with Crippen molar-refractivity contribution in [2.45, 2.75) is 125 Å². The van der Waals surface area contributed by atoms with Gasteiger partial charge in [0, 0.05) is 44.6 Å². The van der Waals surface area contributed by atoms with Crippen LogP contribution < -0.4 is 0 Å². The minimum Gasteiger partial charge on any atom is -0.481 e. The van der Waals surface area contributed by atoms with Gasteiger partial charge < -0.3 is 54.3 Å². The summed E-state index contributed by atoms with van der Waals surface area (Å²) in [6.07, 6.45) is 6.52. The number of aliphatic hydroxyl groups is 5. The third kappa shape index (κ3) is 10.7. The summed E-state index contributed by atoms with van der Waals surface area (Å²) in [6, 6.07) is 0. The van der Waals surface area contributed by atoms with Crippen molar-refractivity contribution in [3.05, 3.63) is 60.8 Å². The number of epoxide rings is 1. The maximum absolute atomic E-state index is 12.2. The Bertz CT molecular complexity index is 1180. The number of rotatable bonds is 3. The van der Waals surface area contributed by atoms with E-state index in [0.29, 0.717) is 6.42 Å². The van der Waals surface area contributed by atoms with Gasteiger partial charge in [-0.25, -0.2) is 4.79 Å². The smallest absolute Gasteiger partial charge is 0.330 e. The van der Waals surface area contributed by atoms with Crippen LogP contribution in [-0.2, 0) is 33.3 Å². The number of carbonyl (C=O) groups excluding carboxylic acids is 1. The van der Waals surface area contributed by atoms with Crippen molar-refractivity contribution in [3.8, 4) is 0 Å². The van der Waals surface area contributed by atoms with Gasteiger partial charge in [0.2, 0.25) is 0 Å². The molecule has 13 heteroatoms. The van der Waals surface area contributed by atoms with Gasteiger partial charge in [-0.2, -0.15) is 0 Å². The molecule has 0 aliphatic carbocycles. The fraction of sp³-hybridized carbons (Fsp3) is 0.636. The molecule has 0 saturated carbocycles. The van der Waals surface area contributed by atoms with Gasteiger partial charge in [0.15, 0.2) is 12.1 Å². The van der Waals surface area contributed by atoms with E-state index in [1.54, 1.807) is 56.4 Å². The Morgan fingerprint density at radius 3 is 2.33 bits per heavy atom. The highest BCUT2D eigenvalue weighted by Crippen LogP contribution is 2.39. The number of hydrogen-bond donors (Lipinski definition) is 6. The number of carboxylic acid groups (broad SMARTS) is 1. The van der Waals surface area contributed by atoms with E-state index >= 15 is 0 Å². The molecular formula is C33H46O13. The van der Waals surface area contributed by atoms with Crippen LogP contribution in [0.4, 0.5) is 0 Å².